The van der Waals surface area contributed by atoms with Crippen LogP contribution in [0.2, 0.25) is 0 Å². The normalized spacial score (nSPS) is 14.3. The number of rotatable bonds is 4. The van der Waals surface area contributed by atoms with Gasteiger partial charge in [0.25, 0.3) is 0 Å². The lowest BCUT2D eigenvalue weighted by Gasteiger charge is -2.29. The van der Waals surface area contributed by atoms with E-state index in [1.807, 2.05) is 30.3 Å². The summed E-state index contributed by atoms with van der Waals surface area (Å²) < 4.78 is 14.5. The minimum atomic E-state index is -0.343. The van der Waals surface area contributed by atoms with Gasteiger partial charge in [-0.2, -0.15) is 5.10 Å². The van der Waals surface area contributed by atoms with Crippen LogP contribution in [0.4, 0.5) is 20.6 Å². The fourth-order valence-corrected chi connectivity index (χ4v) is 3.48. The van der Waals surface area contributed by atoms with Crippen LogP contribution in [0, 0.1) is 5.82 Å². The maximum atomic E-state index is 14.5. The molecule has 2 amide bonds. The quantitative estimate of drug-likeness (QED) is 0.652. The van der Waals surface area contributed by atoms with Gasteiger partial charge < -0.3 is 15.5 Å². The number of halogens is 1. The molecule has 0 spiro atoms. The molecule has 6 nitrogen and oxygen atoms in total. The number of urea groups is 1. The van der Waals surface area contributed by atoms with E-state index in [0.29, 0.717) is 11.4 Å². The first-order chi connectivity index (χ1) is 13.2. The monoisotopic (exact) mass is 367 g/mol. The molecular formula is C20H22FN5O. The van der Waals surface area contributed by atoms with Crippen LogP contribution in [-0.2, 0) is 6.54 Å². The molecule has 1 fully saturated rings. The Labute approximate surface area is 156 Å². The highest BCUT2D eigenvalue weighted by atomic mass is 19.1. The van der Waals surface area contributed by atoms with Gasteiger partial charge in [0.1, 0.15) is 5.82 Å². The van der Waals surface area contributed by atoms with Gasteiger partial charge in [0.2, 0.25) is 0 Å². The van der Waals surface area contributed by atoms with Gasteiger partial charge in [-0.3, -0.25) is 5.10 Å². The zero-order valence-electron chi connectivity index (χ0n) is 15.0. The van der Waals surface area contributed by atoms with Crippen LogP contribution >= 0.6 is 0 Å². The summed E-state index contributed by atoms with van der Waals surface area (Å²) in [7, 11) is 0. The fraction of sp³-hybridized carbons (Fsp3) is 0.300. The molecule has 0 atom stereocenters. The Hall–Kier alpha value is -3.09. The van der Waals surface area contributed by atoms with E-state index in [0.717, 1.165) is 42.4 Å². The van der Waals surface area contributed by atoms with Crippen LogP contribution < -0.4 is 15.5 Å². The van der Waals surface area contributed by atoms with Crippen molar-refractivity contribution in [1.29, 1.82) is 0 Å². The van der Waals surface area contributed by atoms with E-state index in [4.69, 9.17) is 0 Å². The topological polar surface area (TPSA) is 73.1 Å². The lowest BCUT2D eigenvalue weighted by atomic mass is 10.1. The Morgan fingerprint density at radius 3 is 2.85 bits per heavy atom. The van der Waals surface area contributed by atoms with E-state index in [-0.39, 0.29) is 18.4 Å². The van der Waals surface area contributed by atoms with E-state index >= 15 is 0 Å². The van der Waals surface area contributed by atoms with Crippen molar-refractivity contribution < 1.29 is 9.18 Å². The van der Waals surface area contributed by atoms with Gasteiger partial charge in [0.15, 0.2) is 0 Å². The predicted octanol–water partition coefficient (Wildman–Crippen LogP) is 4.01. The van der Waals surface area contributed by atoms with Crippen molar-refractivity contribution in [1.82, 2.24) is 15.5 Å². The minimum Gasteiger partial charge on any atom is -0.369 e. The second kappa shape index (κ2) is 7.65. The van der Waals surface area contributed by atoms with Crippen molar-refractivity contribution in [3.63, 3.8) is 0 Å². The van der Waals surface area contributed by atoms with Crippen molar-refractivity contribution in [2.75, 3.05) is 23.3 Å². The SMILES string of the molecule is O=C(NCc1ccc(N2CCCCC2)c(F)c1)Nc1cccc2[nH]ncc12. The molecule has 140 valence electrons. The number of fused-ring (bicyclic) bond motifs is 1. The number of H-pyrrole nitrogens is 1. The van der Waals surface area contributed by atoms with Crippen molar-refractivity contribution in [2.24, 2.45) is 0 Å². The number of nitrogens with one attached hydrogen (secondary N) is 3. The Morgan fingerprint density at radius 2 is 2.04 bits per heavy atom. The third-order valence-electron chi connectivity index (χ3n) is 4.89. The highest BCUT2D eigenvalue weighted by Crippen LogP contribution is 2.24. The summed E-state index contributed by atoms with van der Waals surface area (Å²) in [4.78, 5) is 14.3. The molecule has 1 aliphatic rings. The first-order valence-electron chi connectivity index (χ1n) is 9.21. The molecular weight excluding hydrogens is 345 g/mol. The molecule has 0 radical (unpaired) electrons. The Balaban J connectivity index is 1.37. The van der Waals surface area contributed by atoms with Crippen LogP contribution in [-0.4, -0.2) is 29.3 Å². The molecule has 0 aliphatic carbocycles. The number of piperidine rings is 1. The predicted molar refractivity (Wildman–Crippen MR) is 104 cm³/mol. The van der Waals surface area contributed by atoms with E-state index in [1.54, 1.807) is 6.20 Å². The highest BCUT2D eigenvalue weighted by Gasteiger charge is 2.15. The molecule has 27 heavy (non-hydrogen) atoms. The zero-order valence-corrected chi connectivity index (χ0v) is 15.0. The number of nitrogens with zero attached hydrogens (tertiary/aromatic N) is 2. The largest absolute Gasteiger partial charge is 0.369 e. The average Bonchev–Trinajstić information content (AvgIpc) is 3.17. The number of aromatic amines is 1. The average molecular weight is 367 g/mol. The molecule has 0 bridgehead atoms. The lowest BCUT2D eigenvalue weighted by molar-refractivity contribution is 0.251. The van der Waals surface area contributed by atoms with Gasteiger partial charge in [0.05, 0.1) is 23.1 Å². The number of benzene rings is 2. The Kier molecular flexibility index (Phi) is 4.91. The molecule has 1 aromatic heterocycles. The number of aromatic nitrogens is 2. The first-order valence-corrected chi connectivity index (χ1v) is 9.21. The Morgan fingerprint density at radius 1 is 1.19 bits per heavy atom. The van der Waals surface area contributed by atoms with Crippen molar-refractivity contribution in [2.45, 2.75) is 25.8 Å². The van der Waals surface area contributed by atoms with Crippen LogP contribution in [0.3, 0.4) is 0 Å². The maximum absolute atomic E-state index is 14.5. The molecule has 3 N–H and O–H groups in total. The summed E-state index contributed by atoms with van der Waals surface area (Å²) in [6.45, 7) is 2.05. The number of hydrogen-bond acceptors (Lipinski definition) is 3. The van der Waals surface area contributed by atoms with Gasteiger partial charge in [-0.25, -0.2) is 9.18 Å². The number of amides is 2. The van der Waals surface area contributed by atoms with Gasteiger partial charge in [-0.1, -0.05) is 12.1 Å². The van der Waals surface area contributed by atoms with Crippen molar-refractivity contribution in [3.05, 3.63) is 54.0 Å². The van der Waals surface area contributed by atoms with Gasteiger partial charge >= 0.3 is 6.03 Å². The fourth-order valence-electron chi connectivity index (χ4n) is 3.48. The number of anilines is 2. The first kappa shape index (κ1) is 17.3. The van der Waals surface area contributed by atoms with Crippen LogP contribution in [0.1, 0.15) is 24.8 Å². The second-order valence-corrected chi connectivity index (χ2v) is 6.78. The van der Waals surface area contributed by atoms with Crippen molar-refractivity contribution in [3.8, 4) is 0 Å². The summed E-state index contributed by atoms with van der Waals surface area (Å²) in [5.74, 6) is -0.236. The highest BCUT2D eigenvalue weighted by molar-refractivity contribution is 6.00. The number of carbonyl (C=O) groups excluding carboxylic acids is 1. The summed E-state index contributed by atoms with van der Waals surface area (Å²) in [6.07, 6.45) is 5.08. The van der Waals surface area contributed by atoms with Gasteiger partial charge in [0, 0.05) is 25.0 Å². The third kappa shape index (κ3) is 3.86. The molecule has 1 saturated heterocycles. The smallest absolute Gasteiger partial charge is 0.319 e. The van der Waals surface area contributed by atoms with Crippen LogP contribution in [0.15, 0.2) is 42.6 Å². The number of hydrogen-bond donors (Lipinski definition) is 3. The lowest BCUT2D eigenvalue weighted by Crippen LogP contribution is -2.30. The maximum Gasteiger partial charge on any atom is 0.319 e. The number of carbonyl (C=O) groups is 1. The molecule has 4 rings (SSSR count). The molecule has 1 aliphatic heterocycles. The van der Waals surface area contributed by atoms with Gasteiger partial charge in [-0.15, -0.1) is 0 Å². The summed E-state index contributed by atoms with van der Waals surface area (Å²) in [5, 5.41) is 13.3. The molecule has 2 aromatic carbocycles. The molecule has 7 heteroatoms. The summed E-state index contributed by atoms with van der Waals surface area (Å²) in [6, 6.07) is 10.4. The Bertz CT molecular complexity index is 948. The molecule has 0 saturated carbocycles. The van der Waals surface area contributed by atoms with Crippen molar-refractivity contribution >= 4 is 28.3 Å². The van der Waals surface area contributed by atoms with E-state index in [2.05, 4.69) is 25.7 Å². The minimum absolute atomic E-state index is 0.236. The zero-order chi connectivity index (χ0) is 18.6. The van der Waals surface area contributed by atoms with E-state index < -0.39 is 0 Å². The second-order valence-electron chi connectivity index (χ2n) is 6.78. The van der Waals surface area contributed by atoms with E-state index in [9.17, 15) is 9.18 Å². The summed E-state index contributed by atoms with van der Waals surface area (Å²) in [5.41, 5.74) is 2.90. The van der Waals surface area contributed by atoms with Crippen LogP contribution in [0.25, 0.3) is 10.9 Å². The van der Waals surface area contributed by atoms with Crippen LogP contribution in [0.5, 0.6) is 0 Å². The van der Waals surface area contributed by atoms with Gasteiger partial charge in [-0.05, 0) is 49.1 Å². The molecule has 0 unspecified atom stereocenters. The third-order valence-corrected chi connectivity index (χ3v) is 4.89. The molecule has 2 heterocycles. The summed E-state index contributed by atoms with van der Waals surface area (Å²) >= 11 is 0. The van der Waals surface area contributed by atoms with E-state index in [1.165, 1.54) is 12.5 Å². The standard InChI is InChI=1S/C20H22FN5O/c21-16-11-14(7-8-19(16)26-9-2-1-3-10-26)12-22-20(27)24-17-5-4-6-18-15(17)13-23-25-18/h4-8,11,13H,1-3,9-10,12H2,(H,23,25)(H2,22,24,27). The molecule has 3 aromatic rings.